The van der Waals surface area contributed by atoms with E-state index in [1.807, 2.05) is 18.4 Å². The van der Waals surface area contributed by atoms with Gasteiger partial charge in [0.25, 0.3) is 0 Å². The summed E-state index contributed by atoms with van der Waals surface area (Å²) in [7, 11) is 0. The number of esters is 1. The number of Topliss-reactive ketones (excluding diaryl/α,β-unsaturated/α-hetero) is 1. The summed E-state index contributed by atoms with van der Waals surface area (Å²) in [5, 5.41) is 4.56. The molecule has 28 heavy (non-hydrogen) atoms. The lowest BCUT2D eigenvalue weighted by Gasteiger charge is -2.05. The molecule has 0 atom stereocenters. The van der Waals surface area contributed by atoms with Gasteiger partial charge in [0.1, 0.15) is 5.76 Å². The predicted molar refractivity (Wildman–Crippen MR) is 106 cm³/mol. The first-order valence-corrected chi connectivity index (χ1v) is 8.99. The zero-order chi connectivity index (χ0) is 20.3. The number of halogens is 1. The summed E-state index contributed by atoms with van der Waals surface area (Å²) in [5.74, 6) is 0.391. The lowest BCUT2D eigenvalue weighted by atomic mass is 10.1. The van der Waals surface area contributed by atoms with E-state index in [2.05, 4.69) is 5.16 Å². The lowest BCUT2D eigenvalue weighted by molar-refractivity contribution is -0.136. The molecule has 0 amide bonds. The average molecular weight is 399 g/mol. The number of carbonyl (C=O) groups is 2. The average Bonchev–Trinajstić information content (AvgIpc) is 3.20. The number of benzene rings is 1. The van der Waals surface area contributed by atoms with Crippen LogP contribution in [-0.2, 0) is 9.53 Å². The molecule has 1 aromatic carbocycles. The Balaban J connectivity index is 1.66. The molecular weight excluding hydrogens is 380 g/mol. The number of ether oxygens (including phenoxy) is 1. The number of nitrogens with zero attached hydrogens (tertiary/aromatic N) is 2. The number of ketones is 1. The van der Waals surface area contributed by atoms with Gasteiger partial charge in [-0.05, 0) is 50.6 Å². The summed E-state index contributed by atoms with van der Waals surface area (Å²) in [6, 6.07) is 10.6. The minimum atomic E-state index is -0.603. The molecule has 0 spiro atoms. The molecule has 2 aromatic heterocycles. The van der Waals surface area contributed by atoms with Gasteiger partial charge in [-0.1, -0.05) is 28.9 Å². The number of carbonyl (C=O) groups excluding carboxylic acids is 2. The number of hydrogen-bond acceptors (Lipinski definition) is 5. The highest BCUT2D eigenvalue weighted by Crippen LogP contribution is 2.21. The maximum atomic E-state index is 12.5. The van der Waals surface area contributed by atoms with Crippen LogP contribution in [-0.4, -0.2) is 28.1 Å². The molecule has 0 saturated carbocycles. The Kier molecular flexibility index (Phi) is 5.80. The third-order valence-electron chi connectivity index (χ3n) is 4.18. The topological polar surface area (TPSA) is 74.3 Å². The van der Waals surface area contributed by atoms with Gasteiger partial charge in [-0.15, -0.1) is 0 Å². The van der Waals surface area contributed by atoms with Crippen molar-refractivity contribution in [3.8, 4) is 5.82 Å². The number of hydrogen-bond donors (Lipinski definition) is 0. The molecular formula is C21H19ClN2O4. The van der Waals surface area contributed by atoms with E-state index in [9.17, 15) is 9.59 Å². The Bertz CT molecular complexity index is 1060. The van der Waals surface area contributed by atoms with Crippen molar-refractivity contribution in [2.24, 2.45) is 0 Å². The summed E-state index contributed by atoms with van der Waals surface area (Å²) in [6.07, 6.45) is 2.85. The molecule has 7 heteroatoms. The van der Waals surface area contributed by atoms with Gasteiger partial charge in [-0.25, -0.2) is 4.79 Å². The van der Waals surface area contributed by atoms with Crippen LogP contribution in [0.5, 0.6) is 0 Å². The number of aromatic nitrogens is 2. The van der Waals surface area contributed by atoms with E-state index in [0.717, 1.165) is 11.3 Å². The summed E-state index contributed by atoms with van der Waals surface area (Å²) in [6.45, 7) is 5.13. The maximum absolute atomic E-state index is 12.5. The quantitative estimate of drug-likeness (QED) is 0.347. The van der Waals surface area contributed by atoms with Gasteiger partial charge in [0.15, 0.2) is 12.4 Å². The van der Waals surface area contributed by atoms with Gasteiger partial charge >= 0.3 is 5.97 Å². The van der Waals surface area contributed by atoms with Crippen LogP contribution in [0, 0.1) is 20.8 Å². The normalized spacial score (nSPS) is 11.1. The van der Waals surface area contributed by atoms with Crippen molar-refractivity contribution in [3.05, 3.63) is 75.8 Å². The highest BCUT2D eigenvalue weighted by molar-refractivity contribution is 6.30. The molecule has 3 aromatic rings. The molecule has 0 aliphatic rings. The smallest absolute Gasteiger partial charge is 0.331 e. The van der Waals surface area contributed by atoms with Gasteiger partial charge in [0, 0.05) is 34.1 Å². The lowest BCUT2D eigenvalue weighted by Crippen LogP contribution is -2.13. The van der Waals surface area contributed by atoms with E-state index in [-0.39, 0.29) is 12.4 Å². The van der Waals surface area contributed by atoms with E-state index >= 15 is 0 Å². The van der Waals surface area contributed by atoms with E-state index < -0.39 is 5.97 Å². The largest absolute Gasteiger partial charge is 0.454 e. The standard InChI is InChI=1S/C21H19ClN2O4/c1-13-9-18(15(3)24(13)20-10-14(2)28-23-20)19(25)12-27-21(26)8-7-16-5-4-6-17(22)11-16/h4-11H,12H2,1-3H3/b8-7+. The molecule has 0 unspecified atom stereocenters. The first-order valence-electron chi connectivity index (χ1n) is 8.61. The van der Waals surface area contributed by atoms with Crippen LogP contribution in [0.2, 0.25) is 5.02 Å². The van der Waals surface area contributed by atoms with Gasteiger partial charge < -0.3 is 9.26 Å². The fourth-order valence-electron chi connectivity index (χ4n) is 2.89. The molecule has 2 heterocycles. The molecule has 0 fully saturated rings. The fraction of sp³-hybridized carbons (Fsp3) is 0.190. The number of rotatable bonds is 6. The van der Waals surface area contributed by atoms with Gasteiger partial charge in [-0.3, -0.25) is 9.36 Å². The van der Waals surface area contributed by atoms with Gasteiger partial charge in [-0.2, -0.15) is 0 Å². The Morgan fingerprint density at radius 2 is 2.00 bits per heavy atom. The van der Waals surface area contributed by atoms with Gasteiger partial charge in [0.2, 0.25) is 5.78 Å². The molecule has 0 aliphatic carbocycles. The predicted octanol–water partition coefficient (Wildman–Crippen LogP) is 4.48. The van der Waals surface area contributed by atoms with Crippen LogP contribution in [0.4, 0.5) is 0 Å². The minimum Gasteiger partial charge on any atom is -0.454 e. The summed E-state index contributed by atoms with van der Waals surface area (Å²) in [5.41, 5.74) is 2.79. The van der Waals surface area contributed by atoms with Crippen molar-refractivity contribution in [2.45, 2.75) is 20.8 Å². The summed E-state index contributed by atoms with van der Waals surface area (Å²) < 4.78 is 12.0. The first kappa shape index (κ1) is 19.6. The second-order valence-electron chi connectivity index (χ2n) is 6.34. The van der Waals surface area contributed by atoms with E-state index in [1.165, 1.54) is 6.08 Å². The fourth-order valence-corrected chi connectivity index (χ4v) is 3.09. The van der Waals surface area contributed by atoms with Crippen LogP contribution >= 0.6 is 11.6 Å². The van der Waals surface area contributed by atoms with Crippen molar-refractivity contribution in [2.75, 3.05) is 6.61 Å². The zero-order valence-corrected chi connectivity index (χ0v) is 16.5. The second kappa shape index (κ2) is 8.27. The zero-order valence-electron chi connectivity index (χ0n) is 15.7. The monoisotopic (exact) mass is 398 g/mol. The van der Waals surface area contributed by atoms with Gasteiger partial charge in [0.05, 0.1) is 0 Å². The summed E-state index contributed by atoms with van der Waals surface area (Å²) >= 11 is 5.90. The summed E-state index contributed by atoms with van der Waals surface area (Å²) in [4.78, 5) is 24.4. The molecule has 3 rings (SSSR count). The SMILES string of the molecule is Cc1cc(-n2c(C)cc(C(=O)COC(=O)/C=C/c3cccc(Cl)c3)c2C)no1. The Labute approximate surface area is 167 Å². The number of aryl methyl sites for hydroxylation is 2. The second-order valence-corrected chi connectivity index (χ2v) is 6.77. The molecule has 0 N–H and O–H groups in total. The first-order chi connectivity index (χ1) is 13.3. The van der Waals surface area contributed by atoms with Crippen LogP contribution < -0.4 is 0 Å². The van der Waals surface area contributed by atoms with Crippen molar-refractivity contribution < 1.29 is 18.8 Å². The van der Waals surface area contributed by atoms with Crippen LogP contribution in [0.3, 0.4) is 0 Å². The van der Waals surface area contributed by atoms with Crippen molar-refractivity contribution >= 4 is 29.4 Å². The molecule has 144 valence electrons. The Morgan fingerprint density at radius 3 is 2.68 bits per heavy atom. The molecule has 6 nitrogen and oxygen atoms in total. The van der Waals surface area contributed by atoms with Crippen LogP contribution in [0.25, 0.3) is 11.9 Å². The Hall–Kier alpha value is -3.12. The Morgan fingerprint density at radius 1 is 1.21 bits per heavy atom. The highest BCUT2D eigenvalue weighted by atomic mass is 35.5. The third-order valence-corrected chi connectivity index (χ3v) is 4.42. The minimum absolute atomic E-state index is 0.288. The molecule has 0 bridgehead atoms. The molecule has 0 aliphatic heterocycles. The highest BCUT2D eigenvalue weighted by Gasteiger charge is 2.19. The van der Waals surface area contributed by atoms with E-state index in [1.54, 1.807) is 49.4 Å². The maximum Gasteiger partial charge on any atom is 0.331 e. The van der Waals surface area contributed by atoms with Crippen molar-refractivity contribution in [3.63, 3.8) is 0 Å². The van der Waals surface area contributed by atoms with E-state index in [0.29, 0.717) is 27.9 Å². The molecule has 0 saturated heterocycles. The van der Waals surface area contributed by atoms with Crippen LogP contribution in [0.1, 0.15) is 33.1 Å². The van der Waals surface area contributed by atoms with E-state index in [4.69, 9.17) is 20.9 Å². The van der Waals surface area contributed by atoms with Crippen molar-refractivity contribution in [1.82, 2.24) is 9.72 Å². The van der Waals surface area contributed by atoms with Crippen LogP contribution in [0.15, 0.2) is 47.0 Å². The van der Waals surface area contributed by atoms with Crippen molar-refractivity contribution in [1.29, 1.82) is 0 Å². The molecule has 0 radical (unpaired) electrons. The third kappa shape index (κ3) is 4.40.